The van der Waals surface area contributed by atoms with Crippen LogP contribution in [0.2, 0.25) is 0 Å². The molecule has 0 radical (unpaired) electrons. The molecular formula is C8H19NO3S. The molecule has 2 unspecified atom stereocenters. The molecule has 2 N–H and O–H groups in total. The summed E-state index contributed by atoms with van der Waals surface area (Å²) in [5.41, 5.74) is 0. The molecule has 5 heteroatoms. The Morgan fingerprint density at radius 3 is 2.77 bits per heavy atom. The minimum absolute atomic E-state index is 0.0649. The fourth-order valence-electron chi connectivity index (χ4n) is 0.734. The molecule has 0 fully saturated rings. The summed E-state index contributed by atoms with van der Waals surface area (Å²) >= 11 is 0. The molecule has 0 aliphatic carbocycles. The second-order valence-corrected chi connectivity index (χ2v) is 4.65. The van der Waals surface area contributed by atoms with E-state index in [1.807, 2.05) is 6.92 Å². The predicted octanol–water partition coefficient (Wildman–Crippen LogP) is -0.648. The molecule has 4 nitrogen and oxygen atoms in total. The first-order valence-corrected chi connectivity index (χ1v) is 6.02. The smallest absolute Gasteiger partial charge is 0.0698 e. The van der Waals surface area contributed by atoms with Gasteiger partial charge in [0.15, 0.2) is 0 Å². The molecule has 0 heterocycles. The summed E-state index contributed by atoms with van der Waals surface area (Å²) in [6, 6.07) is 0. The van der Waals surface area contributed by atoms with Crippen molar-refractivity contribution >= 4 is 10.8 Å². The Labute approximate surface area is 82.1 Å². The number of ether oxygens (including phenoxy) is 1. The summed E-state index contributed by atoms with van der Waals surface area (Å²) in [5, 5.41) is 11.7. The van der Waals surface area contributed by atoms with Gasteiger partial charge in [0.2, 0.25) is 0 Å². The van der Waals surface area contributed by atoms with Gasteiger partial charge in [-0.05, 0) is 6.92 Å². The normalized spacial score (nSPS) is 15.6. The Balaban J connectivity index is 3.11. The zero-order valence-corrected chi connectivity index (χ0v) is 9.10. The second kappa shape index (κ2) is 8.62. The van der Waals surface area contributed by atoms with Gasteiger partial charge in [0.05, 0.1) is 19.8 Å². The van der Waals surface area contributed by atoms with Crippen molar-refractivity contribution in [2.75, 3.05) is 39.2 Å². The zero-order chi connectivity index (χ0) is 10.1. The Kier molecular flexibility index (Phi) is 8.64. The molecule has 0 saturated carbocycles. The van der Waals surface area contributed by atoms with Gasteiger partial charge in [-0.2, -0.15) is 0 Å². The first kappa shape index (κ1) is 13.0. The van der Waals surface area contributed by atoms with Gasteiger partial charge >= 0.3 is 0 Å². The molecule has 13 heavy (non-hydrogen) atoms. The van der Waals surface area contributed by atoms with E-state index < -0.39 is 10.8 Å². The molecule has 0 spiro atoms. The maximum Gasteiger partial charge on any atom is 0.0698 e. The van der Waals surface area contributed by atoms with E-state index in [0.29, 0.717) is 13.2 Å². The zero-order valence-electron chi connectivity index (χ0n) is 8.28. The molecule has 0 rings (SSSR count). The van der Waals surface area contributed by atoms with E-state index in [4.69, 9.17) is 9.84 Å². The van der Waals surface area contributed by atoms with Crippen molar-refractivity contribution in [2.24, 2.45) is 0 Å². The van der Waals surface area contributed by atoms with Gasteiger partial charge in [-0.15, -0.1) is 0 Å². The summed E-state index contributed by atoms with van der Waals surface area (Å²) in [7, 11) is -0.762. The highest BCUT2D eigenvalue weighted by atomic mass is 32.2. The van der Waals surface area contributed by atoms with E-state index in [1.54, 1.807) is 6.26 Å². The van der Waals surface area contributed by atoms with Crippen molar-refractivity contribution in [3.63, 3.8) is 0 Å². The van der Waals surface area contributed by atoms with Gasteiger partial charge in [-0.3, -0.25) is 4.21 Å². The SMILES string of the molecule is CC(CNCCOCCO)S(C)=O. The maximum absolute atomic E-state index is 10.9. The van der Waals surface area contributed by atoms with Crippen LogP contribution in [0.25, 0.3) is 0 Å². The minimum Gasteiger partial charge on any atom is -0.394 e. The van der Waals surface area contributed by atoms with Crippen LogP contribution in [0.3, 0.4) is 0 Å². The van der Waals surface area contributed by atoms with Gasteiger partial charge in [0, 0.05) is 35.4 Å². The molecule has 0 aromatic rings. The van der Waals surface area contributed by atoms with Crippen molar-refractivity contribution in [1.82, 2.24) is 5.32 Å². The molecule has 0 saturated heterocycles. The van der Waals surface area contributed by atoms with Crippen LogP contribution in [0.4, 0.5) is 0 Å². The molecule has 0 amide bonds. The highest BCUT2D eigenvalue weighted by molar-refractivity contribution is 7.84. The number of aliphatic hydroxyl groups excluding tert-OH is 1. The fraction of sp³-hybridized carbons (Fsp3) is 1.00. The van der Waals surface area contributed by atoms with Crippen LogP contribution >= 0.6 is 0 Å². The lowest BCUT2D eigenvalue weighted by Gasteiger charge is -2.09. The third-order valence-electron chi connectivity index (χ3n) is 1.66. The molecular weight excluding hydrogens is 190 g/mol. The van der Waals surface area contributed by atoms with Crippen molar-refractivity contribution in [3.8, 4) is 0 Å². The summed E-state index contributed by atoms with van der Waals surface area (Å²) in [4.78, 5) is 0. The molecule has 0 aliphatic heterocycles. The third-order valence-corrected chi connectivity index (χ3v) is 2.96. The monoisotopic (exact) mass is 209 g/mol. The van der Waals surface area contributed by atoms with Crippen LogP contribution in [0.15, 0.2) is 0 Å². The van der Waals surface area contributed by atoms with Gasteiger partial charge in [-0.25, -0.2) is 0 Å². The highest BCUT2D eigenvalue weighted by Crippen LogP contribution is 1.88. The van der Waals surface area contributed by atoms with E-state index in [1.165, 1.54) is 0 Å². The first-order chi connectivity index (χ1) is 6.18. The van der Waals surface area contributed by atoms with Crippen LogP contribution in [-0.2, 0) is 15.5 Å². The summed E-state index contributed by atoms with van der Waals surface area (Å²) in [6.07, 6.45) is 1.70. The summed E-state index contributed by atoms with van der Waals surface area (Å²) in [6.45, 7) is 4.46. The molecule has 0 bridgehead atoms. The van der Waals surface area contributed by atoms with Crippen LogP contribution in [0.5, 0.6) is 0 Å². The summed E-state index contributed by atoms with van der Waals surface area (Å²) < 4.78 is 16.0. The van der Waals surface area contributed by atoms with E-state index in [0.717, 1.165) is 13.1 Å². The molecule has 0 aliphatic rings. The maximum atomic E-state index is 10.9. The predicted molar refractivity (Wildman–Crippen MR) is 54.3 cm³/mol. The quantitative estimate of drug-likeness (QED) is 0.522. The van der Waals surface area contributed by atoms with Crippen molar-refractivity contribution in [2.45, 2.75) is 12.2 Å². The lowest BCUT2D eigenvalue weighted by molar-refractivity contribution is 0.0940. The van der Waals surface area contributed by atoms with Gasteiger partial charge in [-0.1, -0.05) is 0 Å². The molecule has 2 atom stereocenters. The fourth-order valence-corrected chi connectivity index (χ4v) is 1.09. The van der Waals surface area contributed by atoms with Gasteiger partial charge in [0.25, 0.3) is 0 Å². The summed E-state index contributed by atoms with van der Waals surface area (Å²) in [5.74, 6) is 0. The third kappa shape index (κ3) is 8.36. The van der Waals surface area contributed by atoms with Crippen LogP contribution < -0.4 is 5.32 Å². The van der Waals surface area contributed by atoms with E-state index >= 15 is 0 Å². The number of nitrogens with one attached hydrogen (secondary N) is 1. The molecule has 0 aromatic heterocycles. The standard InChI is InChI=1S/C8H19NO3S/c1-8(13(2)11)7-9-3-5-12-6-4-10/h8-10H,3-7H2,1-2H3. The van der Waals surface area contributed by atoms with Crippen LogP contribution in [0, 0.1) is 0 Å². The van der Waals surface area contributed by atoms with E-state index in [-0.39, 0.29) is 11.9 Å². The lowest BCUT2D eigenvalue weighted by Crippen LogP contribution is -2.30. The highest BCUT2D eigenvalue weighted by Gasteiger charge is 2.03. The van der Waals surface area contributed by atoms with Crippen molar-refractivity contribution in [3.05, 3.63) is 0 Å². The Bertz CT molecular complexity index is 143. The molecule has 80 valence electrons. The number of hydrogen-bond donors (Lipinski definition) is 2. The average Bonchev–Trinajstić information content (AvgIpc) is 2.10. The Hall–Kier alpha value is 0.0300. The average molecular weight is 209 g/mol. The number of rotatable bonds is 8. The van der Waals surface area contributed by atoms with Crippen molar-refractivity contribution < 1.29 is 14.1 Å². The van der Waals surface area contributed by atoms with E-state index in [2.05, 4.69) is 5.32 Å². The largest absolute Gasteiger partial charge is 0.394 e. The van der Waals surface area contributed by atoms with Crippen LogP contribution in [-0.4, -0.2) is 53.7 Å². The van der Waals surface area contributed by atoms with Crippen molar-refractivity contribution in [1.29, 1.82) is 0 Å². The topological polar surface area (TPSA) is 58.6 Å². The van der Waals surface area contributed by atoms with Gasteiger partial charge in [0.1, 0.15) is 0 Å². The van der Waals surface area contributed by atoms with E-state index in [9.17, 15) is 4.21 Å². The minimum atomic E-state index is -0.762. The molecule has 0 aromatic carbocycles. The second-order valence-electron chi connectivity index (χ2n) is 2.85. The van der Waals surface area contributed by atoms with Crippen LogP contribution in [0.1, 0.15) is 6.92 Å². The Morgan fingerprint density at radius 2 is 2.23 bits per heavy atom. The first-order valence-electron chi connectivity index (χ1n) is 4.40. The lowest BCUT2D eigenvalue weighted by atomic mass is 10.4. The van der Waals surface area contributed by atoms with Gasteiger partial charge < -0.3 is 15.2 Å². The number of aliphatic hydroxyl groups is 1. The number of hydrogen-bond acceptors (Lipinski definition) is 4. The Morgan fingerprint density at radius 1 is 1.54 bits per heavy atom.